The Kier molecular flexibility index (Phi) is 14.2. The van der Waals surface area contributed by atoms with Gasteiger partial charge in [-0.1, -0.05) is 96.5 Å². The Labute approximate surface area is 190 Å². The molecule has 170 valence electrons. The Morgan fingerprint density at radius 2 is 1.29 bits per heavy atom. The van der Waals surface area contributed by atoms with Gasteiger partial charge >= 0.3 is 0 Å². The molecule has 31 heavy (non-hydrogen) atoms. The molecule has 0 saturated carbocycles. The van der Waals surface area contributed by atoms with Gasteiger partial charge in [-0.2, -0.15) is 0 Å². The molecule has 0 radical (unpaired) electrons. The lowest BCUT2D eigenvalue weighted by Gasteiger charge is -2.06. The number of nitrogens with zero attached hydrogens (tertiary/aromatic N) is 2. The van der Waals surface area contributed by atoms with Crippen molar-refractivity contribution < 1.29 is 4.74 Å². The summed E-state index contributed by atoms with van der Waals surface area (Å²) in [5.41, 5.74) is 1.77. The molecule has 0 unspecified atom stereocenters. The Morgan fingerprint density at radius 3 is 1.84 bits per heavy atom. The number of aromatic nitrogens is 1. The van der Waals surface area contributed by atoms with Gasteiger partial charge in [0.2, 0.25) is 0 Å². The lowest BCUT2D eigenvalue weighted by atomic mass is 10.0. The van der Waals surface area contributed by atoms with E-state index in [9.17, 15) is 0 Å². The summed E-state index contributed by atoms with van der Waals surface area (Å²) in [6.07, 6.45) is 22.9. The van der Waals surface area contributed by atoms with Gasteiger partial charge in [-0.05, 0) is 42.8 Å². The summed E-state index contributed by atoms with van der Waals surface area (Å²) in [5, 5.41) is 0. The van der Waals surface area contributed by atoms with Crippen molar-refractivity contribution in [2.24, 2.45) is 4.99 Å². The average molecular weight is 423 g/mol. The van der Waals surface area contributed by atoms with Crippen LogP contribution in [0.15, 0.2) is 53.7 Å². The van der Waals surface area contributed by atoms with Crippen LogP contribution in [0.3, 0.4) is 0 Å². The monoisotopic (exact) mass is 422 g/mol. The standard InChI is InChI=1S/C28H42N2O/c1-2-3-4-5-6-7-8-9-10-11-12-13-14-17-24-31-28-21-19-26(20-22-28)30-25-27-18-15-16-23-29-27/h15-16,18-23,25H,2-14,17,24H2,1H3. The number of hydrogen-bond donors (Lipinski definition) is 0. The Bertz CT molecular complexity index is 682. The van der Waals surface area contributed by atoms with Crippen LogP contribution in [-0.4, -0.2) is 17.8 Å². The maximum absolute atomic E-state index is 5.87. The zero-order chi connectivity index (χ0) is 21.8. The van der Waals surface area contributed by atoms with Gasteiger partial charge in [0.05, 0.1) is 24.2 Å². The zero-order valence-electron chi connectivity index (χ0n) is 19.6. The van der Waals surface area contributed by atoms with Gasteiger partial charge in [-0.15, -0.1) is 0 Å². The molecule has 2 aromatic rings. The Balaban J connectivity index is 1.41. The van der Waals surface area contributed by atoms with E-state index < -0.39 is 0 Å². The molecule has 0 saturated heterocycles. The largest absolute Gasteiger partial charge is 0.494 e. The number of pyridine rings is 1. The van der Waals surface area contributed by atoms with E-state index in [0.29, 0.717) is 0 Å². The molecule has 0 aliphatic rings. The molecule has 3 nitrogen and oxygen atoms in total. The van der Waals surface area contributed by atoms with Crippen LogP contribution in [-0.2, 0) is 0 Å². The highest BCUT2D eigenvalue weighted by atomic mass is 16.5. The molecule has 1 heterocycles. The van der Waals surface area contributed by atoms with Crippen LogP contribution < -0.4 is 4.74 Å². The third kappa shape index (κ3) is 13.0. The van der Waals surface area contributed by atoms with E-state index in [1.165, 1.54) is 83.5 Å². The van der Waals surface area contributed by atoms with Crippen molar-refractivity contribution in [2.75, 3.05) is 6.61 Å². The van der Waals surface area contributed by atoms with Crippen LogP contribution >= 0.6 is 0 Å². The smallest absolute Gasteiger partial charge is 0.119 e. The maximum atomic E-state index is 5.87. The van der Waals surface area contributed by atoms with Crippen molar-refractivity contribution in [1.29, 1.82) is 0 Å². The van der Waals surface area contributed by atoms with Crippen molar-refractivity contribution in [1.82, 2.24) is 4.98 Å². The highest BCUT2D eigenvalue weighted by molar-refractivity contribution is 5.79. The quantitative estimate of drug-likeness (QED) is 0.178. The van der Waals surface area contributed by atoms with Crippen molar-refractivity contribution in [3.63, 3.8) is 0 Å². The number of unbranched alkanes of at least 4 members (excludes halogenated alkanes) is 13. The van der Waals surface area contributed by atoms with E-state index in [-0.39, 0.29) is 0 Å². The first-order valence-electron chi connectivity index (χ1n) is 12.6. The lowest BCUT2D eigenvalue weighted by Crippen LogP contribution is -1.97. The minimum atomic E-state index is 0.800. The first kappa shape index (κ1) is 25.1. The summed E-state index contributed by atoms with van der Waals surface area (Å²) in [6.45, 7) is 3.09. The van der Waals surface area contributed by atoms with Gasteiger partial charge in [0.1, 0.15) is 5.75 Å². The molecule has 0 fully saturated rings. The number of rotatable bonds is 18. The molecule has 0 spiro atoms. The molecular formula is C28H42N2O. The van der Waals surface area contributed by atoms with E-state index in [0.717, 1.165) is 30.2 Å². The van der Waals surface area contributed by atoms with Crippen LogP contribution in [0.2, 0.25) is 0 Å². The van der Waals surface area contributed by atoms with Crippen molar-refractivity contribution in [3.8, 4) is 5.75 Å². The Morgan fingerprint density at radius 1 is 0.710 bits per heavy atom. The van der Waals surface area contributed by atoms with E-state index in [1.54, 1.807) is 12.4 Å². The lowest BCUT2D eigenvalue weighted by molar-refractivity contribution is 0.304. The van der Waals surface area contributed by atoms with E-state index in [1.807, 2.05) is 42.5 Å². The zero-order valence-corrected chi connectivity index (χ0v) is 19.6. The predicted molar refractivity (Wildman–Crippen MR) is 134 cm³/mol. The third-order valence-electron chi connectivity index (χ3n) is 5.64. The predicted octanol–water partition coefficient (Wildman–Crippen LogP) is 8.69. The molecule has 0 aliphatic carbocycles. The fourth-order valence-electron chi connectivity index (χ4n) is 3.71. The third-order valence-corrected chi connectivity index (χ3v) is 5.64. The van der Waals surface area contributed by atoms with Crippen LogP contribution in [0.4, 0.5) is 5.69 Å². The van der Waals surface area contributed by atoms with Crippen molar-refractivity contribution in [2.45, 2.75) is 96.8 Å². The molecule has 1 aromatic carbocycles. The summed E-state index contributed by atoms with van der Waals surface area (Å²) >= 11 is 0. The van der Waals surface area contributed by atoms with Gasteiger partial charge in [-0.25, -0.2) is 0 Å². The maximum Gasteiger partial charge on any atom is 0.119 e. The van der Waals surface area contributed by atoms with Gasteiger partial charge in [0, 0.05) is 6.20 Å². The Hall–Kier alpha value is -2.16. The summed E-state index contributed by atoms with van der Waals surface area (Å²) in [7, 11) is 0. The number of aliphatic imine (C=N–C) groups is 1. The van der Waals surface area contributed by atoms with Crippen molar-refractivity contribution >= 4 is 11.9 Å². The molecular weight excluding hydrogens is 380 g/mol. The second-order valence-electron chi connectivity index (χ2n) is 8.45. The average Bonchev–Trinajstić information content (AvgIpc) is 2.81. The molecule has 0 N–H and O–H groups in total. The highest BCUT2D eigenvalue weighted by Crippen LogP contribution is 2.19. The van der Waals surface area contributed by atoms with E-state index in [2.05, 4.69) is 16.9 Å². The van der Waals surface area contributed by atoms with Crippen LogP contribution in [0.1, 0.15) is 103 Å². The molecule has 0 atom stereocenters. The van der Waals surface area contributed by atoms with Gasteiger partial charge in [-0.3, -0.25) is 9.98 Å². The topological polar surface area (TPSA) is 34.5 Å². The molecule has 1 aromatic heterocycles. The molecule has 0 amide bonds. The fourth-order valence-corrected chi connectivity index (χ4v) is 3.71. The normalized spacial score (nSPS) is 11.3. The SMILES string of the molecule is CCCCCCCCCCCCCCCCOc1ccc(N=Cc2ccccn2)cc1. The highest BCUT2D eigenvalue weighted by Gasteiger charge is 1.97. The van der Waals surface area contributed by atoms with Gasteiger partial charge in [0.15, 0.2) is 0 Å². The summed E-state index contributed by atoms with van der Waals surface area (Å²) < 4.78 is 5.87. The van der Waals surface area contributed by atoms with Crippen LogP contribution in [0.5, 0.6) is 5.75 Å². The van der Waals surface area contributed by atoms with Gasteiger partial charge in [0.25, 0.3) is 0 Å². The minimum absolute atomic E-state index is 0.800. The summed E-state index contributed by atoms with van der Waals surface area (Å²) in [5.74, 6) is 0.923. The summed E-state index contributed by atoms with van der Waals surface area (Å²) in [4.78, 5) is 8.69. The van der Waals surface area contributed by atoms with E-state index >= 15 is 0 Å². The number of ether oxygens (including phenoxy) is 1. The second-order valence-corrected chi connectivity index (χ2v) is 8.45. The molecule has 0 bridgehead atoms. The number of benzene rings is 1. The molecule has 3 heteroatoms. The van der Waals surface area contributed by atoms with Crippen LogP contribution in [0.25, 0.3) is 0 Å². The first-order chi connectivity index (χ1) is 15.4. The second kappa shape index (κ2) is 17.5. The minimum Gasteiger partial charge on any atom is -0.494 e. The number of hydrogen-bond acceptors (Lipinski definition) is 3. The van der Waals surface area contributed by atoms with Crippen LogP contribution in [0, 0.1) is 0 Å². The fraction of sp³-hybridized carbons (Fsp3) is 0.571. The first-order valence-corrected chi connectivity index (χ1v) is 12.6. The van der Waals surface area contributed by atoms with Gasteiger partial charge < -0.3 is 4.74 Å². The summed E-state index contributed by atoms with van der Waals surface area (Å²) in [6, 6.07) is 13.8. The van der Waals surface area contributed by atoms with Crippen molar-refractivity contribution in [3.05, 3.63) is 54.4 Å². The molecule has 2 rings (SSSR count). The molecule has 0 aliphatic heterocycles. The van der Waals surface area contributed by atoms with E-state index in [4.69, 9.17) is 4.74 Å².